The lowest BCUT2D eigenvalue weighted by Crippen LogP contribution is -2.30. The molecule has 0 saturated carbocycles. The first kappa shape index (κ1) is 20.5. The summed E-state index contributed by atoms with van der Waals surface area (Å²) in [5.41, 5.74) is 1.30. The Morgan fingerprint density at radius 3 is 2.55 bits per heavy atom. The molecule has 1 heterocycles. The van der Waals surface area contributed by atoms with Crippen LogP contribution in [0.2, 0.25) is 0 Å². The van der Waals surface area contributed by atoms with Gasteiger partial charge < -0.3 is 9.64 Å². The monoisotopic (exact) mass is 455 g/mol. The van der Waals surface area contributed by atoms with Crippen LogP contribution in [0.4, 0.5) is 11.4 Å². The number of ether oxygens (including phenoxy) is 1. The average molecular weight is 456 g/mol. The fraction of sp³-hybridized carbons (Fsp3) is 0.143. The number of carbonyl (C=O) groups is 1. The number of nitrogens with zero attached hydrogens (tertiary/aromatic N) is 3. The lowest BCUT2D eigenvalue weighted by Gasteiger charge is -2.23. The quantitative estimate of drug-likeness (QED) is 0.369. The van der Waals surface area contributed by atoms with Gasteiger partial charge in [0.05, 0.1) is 23.8 Å². The molecule has 0 aliphatic rings. The fourth-order valence-electron chi connectivity index (χ4n) is 2.78. The maximum Gasteiger partial charge on any atom is 0.311 e. The SMILES string of the molecule is CCOc1ccc(C(=O)N(Cc2ccccn2)c2ccc(Br)cc2)cc1[N+](=O)[O-]. The highest BCUT2D eigenvalue weighted by atomic mass is 79.9. The summed E-state index contributed by atoms with van der Waals surface area (Å²) >= 11 is 3.39. The highest BCUT2D eigenvalue weighted by molar-refractivity contribution is 9.10. The zero-order chi connectivity index (χ0) is 20.8. The van der Waals surface area contributed by atoms with E-state index in [1.165, 1.54) is 23.1 Å². The number of halogens is 1. The molecule has 0 radical (unpaired) electrons. The highest BCUT2D eigenvalue weighted by Gasteiger charge is 2.23. The summed E-state index contributed by atoms with van der Waals surface area (Å²) in [5, 5.41) is 11.4. The van der Waals surface area contributed by atoms with Crippen LogP contribution in [0.5, 0.6) is 5.75 Å². The second-order valence-corrected chi connectivity index (χ2v) is 6.98. The molecule has 3 aromatic rings. The Morgan fingerprint density at radius 2 is 1.93 bits per heavy atom. The summed E-state index contributed by atoms with van der Waals surface area (Å²) < 4.78 is 6.18. The molecule has 148 valence electrons. The molecule has 0 atom stereocenters. The van der Waals surface area contributed by atoms with E-state index in [1.807, 2.05) is 24.3 Å². The normalized spacial score (nSPS) is 10.4. The summed E-state index contributed by atoms with van der Waals surface area (Å²) in [4.78, 5) is 30.0. The van der Waals surface area contributed by atoms with Crippen LogP contribution in [-0.2, 0) is 6.54 Å². The van der Waals surface area contributed by atoms with Crippen LogP contribution in [0.15, 0.2) is 71.3 Å². The van der Waals surface area contributed by atoms with Crippen LogP contribution >= 0.6 is 15.9 Å². The van der Waals surface area contributed by atoms with E-state index in [1.54, 1.807) is 31.3 Å². The largest absolute Gasteiger partial charge is 0.487 e. The molecule has 1 aromatic heterocycles. The van der Waals surface area contributed by atoms with Gasteiger partial charge in [0.25, 0.3) is 5.91 Å². The molecule has 0 N–H and O–H groups in total. The molecular weight excluding hydrogens is 438 g/mol. The van der Waals surface area contributed by atoms with Crippen molar-refractivity contribution in [2.24, 2.45) is 0 Å². The minimum absolute atomic E-state index is 0.133. The van der Waals surface area contributed by atoms with Crippen molar-refractivity contribution in [3.63, 3.8) is 0 Å². The summed E-state index contributed by atoms with van der Waals surface area (Å²) in [6.07, 6.45) is 1.65. The van der Waals surface area contributed by atoms with Gasteiger partial charge >= 0.3 is 5.69 Å². The molecule has 0 fully saturated rings. The van der Waals surface area contributed by atoms with Crippen molar-refractivity contribution in [3.05, 3.63) is 92.7 Å². The topological polar surface area (TPSA) is 85.6 Å². The molecule has 29 heavy (non-hydrogen) atoms. The summed E-state index contributed by atoms with van der Waals surface area (Å²) in [6.45, 7) is 2.26. The van der Waals surface area contributed by atoms with Gasteiger partial charge in [0.2, 0.25) is 0 Å². The Kier molecular flexibility index (Phi) is 6.56. The van der Waals surface area contributed by atoms with Crippen molar-refractivity contribution >= 4 is 33.2 Å². The van der Waals surface area contributed by atoms with Gasteiger partial charge in [0.15, 0.2) is 5.75 Å². The fourth-order valence-corrected chi connectivity index (χ4v) is 3.05. The van der Waals surface area contributed by atoms with E-state index < -0.39 is 4.92 Å². The summed E-state index contributed by atoms with van der Waals surface area (Å²) in [6, 6.07) is 16.9. The van der Waals surface area contributed by atoms with Crippen LogP contribution in [0.1, 0.15) is 23.0 Å². The zero-order valence-corrected chi connectivity index (χ0v) is 17.2. The van der Waals surface area contributed by atoms with Crippen molar-refractivity contribution < 1.29 is 14.5 Å². The predicted molar refractivity (Wildman–Crippen MR) is 113 cm³/mol. The van der Waals surface area contributed by atoms with Gasteiger partial charge in [-0.25, -0.2) is 0 Å². The van der Waals surface area contributed by atoms with E-state index in [0.29, 0.717) is 18.0 Å². The standard InChI is InChI=1S/C21H18BrN3O4/c1-2-29-20-11-6-15(13-19(20)25(27)28)21(26)24(14-17-5-3-4-12-23-17)18-9-7-16(22)8-10-18/h3-13H,2,14H2,1H3. The van der Waals surface area contributed by atoms with Gasteiger partial charge in [0.1, 0.15) is 0 Å². The van der Waals surface area contributed by atoms with Gasteiger partial charge in [-0.2, -0.15) is 0 Å². The first-order valence-electron chi connectivity index (χ1n) is 8.88. The number of hydrogen-bond acceptors (Lipinski definition) is 5. The number of rotatable bonds is 7. The van der Waals surface area contributed by atoms with Crippen molar-refractivity contribution in [3.8, 4) is 5.75 Å². The van der Waals surface area contributed by atoms with Crippen LogP contribution in [0.25, 0.3) is 0 Å². The number of aromatic nitrogens is 1. The third kappa shape index (κ3) is 4.97. The molecule has 7 nitrogen and oxygen atoms in total. The molecule has 8 heteroatoms. The van der Waals surface area contributed by atoms with Crippen molar-refractivity contribution in [1.82, 2.24) is 4.98 Å². The number of amides is 1. The Labute approximate surface area is 176 Å². The third-order valence-electron chi connectivity index (χ3n) is 4.13. The Morgan fingerprint density at radius 1 is 1.17 bits per heavy atom. The number of anilines is 1. The highest BCUT2D eigenvalue weighted by Crippen LogP contribution is 2.30. The maximum atomic E-state index is 13.3. The first-order chi connectivity index (χ1) is 14.0. The maximum absolute atomic E-state index is 13.3. The predicted octanol–water partition coefficient (Wildman–Crippen LogP) is 5.00. The van der Waals surface area contributed by atoms with E-state index in [9.17, 15) is 14.9 Å². The van der Waals surface area contributed by atoms with Gasteiger partial charge in [-0.1, -0.05) is 22.0 Å². The van der Waals surface area contributed by atoms with E-state index in [2.05, 4.69) is 20.9 Å². The van der Waals surface area contributed by atoms with E-state index in [-0.39, 0.29) is 29.5 Å². The second-order valence-electron chi connectivity index (χ2n) is 6.06. The lowest BCUT2D eigenvalue weighted by atomic mass is 10.1. The van der Waals surface area contributed by atoms with Crippen LogP contribution in [0.3, 0.4) is 0 Å². The van der Waals surface area contributed by atoms with E-state index in [4.69, 9.17) is 4.74 Å². The minimum atomic E-state index is -0.551. The van der Waals surface area contributed by atoms with Gasteiger partial charge in [0, 0.05) is 28.0 Å². The van der Waals surface area contributed by atoms with Crippen LogP contribution < -0.4 is 9.64 Å². The summed E-state index contributed by atoms with van der Waals surface area (Å²) in [5.74, 6) is -0.238. The van der Waals surface area contributed by atoms with Crippen LogP contribution in [-0.4, -0.2) is 22.4 Å². The molecule has 0 aliphatic heterocycles. The molecule has 0 spiro atoms. The molecule has 2 aromatic carbocycles. The van der Waals surface area contributed by atoms with E-state index >= 15 is 0 Å². The number of nitro benzene ring substituents is 1. The molecular formula is C21H18BrN3O4. The molecule has 0 unspecified atom stereocenters. The molecule has 3 rings (SSSR count). The molecule has 0 bridgehead atoms. The molecule has 0 saturated heterocycles. The minimum Gasteiger partial charge on any atom is -0.487 e. The third-order valence-corrected chi connectivity index (χ3v) is 4.66. The number of pyridine rings is 1. The number of hydrogen-bond donors (Lipinski definition) is 0. The first-order valence-corrected chi connectivity index (χ1v) is 9.67. The number of benzene rings is 2. The lowest BCUT2D eigenvalue weighted by molar-refractivity contribution is -0.385. The zero-order valence-electron chi connectivity index (χ0n) is 15.6. The summed E-state index contributed by atoms with van der Waals surface area (Å²) in [7, 11) is 0. The van der Waals surface area contributed by atoms with Gasteiger partial charge in [-0.15, -0.1) is 0 Å². The van der Waals surface area contributed by atoms with Gasteiger partial charge in [-0.3, -0.25) is 19.9 Å². The van der Waals surface area contributed by atoms with Crippen molar-refractivity contribution in [2.45, 2.75) is 13.5 Å². The smallest absolute Gasteiger partial charge is 0.311 e. The Hall–Kier alpha value is -3.26. The molecule has 1 amide bonds. The van der Waals surface area contributed by atoms with Crippen molar-refractivity contribution in [1.29, 1.82) is 0 Å². The number of carbonyl (C=O) groups excluding carboxylic acids is 1. The molecule has 0 aliphatic carbocycles. The number of nitro groups is 1. The van der Waals surface area contributed by atoms with Crippen LogP contribution in [0, 0.1) is 10.1 Å². The van der Waals surface area contributed by atoms with E-state index in [0.717, 1.165) is 4.47 Å². The second kappa shape index (κ2) is 9.29. The Bertz CT molecular complexity index is 1010. The van der Waals surface area contributed by atoms with Crippen molar-refractivity contribution in [2.75, 3.05) is 11.5 Å². The Balaban J connectivity index is 2.01. The van der Waals surface area contributed by atoms with Gasteiger partial charge in [-0.05, 0) is 55.5 Å². The average Bonchev–Trinajstić information content (AvgIpc) is 2.73.